The number of likely N-dealkylation sites (tertiary alicyclic amines) is 1. The van der Waals surface area contributed by atoms with Gasteiger partial charge in [-0.05, 0) is 37.1 Å². The third-order valence-corrected chi connectivity index (χ3v) is 5.22. The molecular weight excluding hydrogens is 394 g/mol. The van der Waals surface area contributed by atoms with E-state index in [1.807, 2.05) is 0 Å². The van der Waals surface area contributed by atoms with Gasteiger partial charge in [-0.2, -0.15) is 5.10 Å². The zero-order chi connectivity index (χ0) is 20.8. The Morgan fingerprint density at radius 1 is 1.21 bits per heavy atom. The number of rotatable bonds is 5. The molecule has 8 heteroatoms. The molecule has 0 spiro atoms. The van der Waals surface area contributed by atoms with E-state index in [1.54, 1.807) is 47.4 Å². The summed E-state index contributed by atoms with van der Waals surface area (Å²) in [7, 11) is 1.46. The third-order valence-electron chi connectivity index (χ3n) is 4.89. The van der Waals surface area contributed by atoms with E-state index in [9.17, 15) is 14.7 Å². The van der Waals surface area contributed by atoms with Crippen molar-refractivity contribution in [3.8, 4) is 11.5 Å². The Balaban J connectivity index is 1.53. The van der Waals surface area contributed by atoms with Crippen LogP contribution in [-0.2, 0) is 4.79 Å². The molecule has 0 aromatic heterocycles. The Hall–Kier alpha value is -3.06. The summed E-state index contributed by atoms with van der Waals surface area (Å²) in [6, 6.07) is 11.9. The number of phenolic OH excluding ortho intramolecular Hbond substituents is 1. The van der Waals surface area contributed by atoms with Crippen LogP contribution in [0.15, 0.2) is 47.6 Å². The first-order valence-corrected chi connectivity index (χ1v) is 9.61. The number of nitrogens with one attached hydrogen (secondary N) is 1. The molecule has 1 fully saturated rings. The number of methoxy groups -OCH3 is 1. The average Bonchev–Trinajstić information content (AvgIpc) is 2.75. The maximum absolute atomic E-state index is 12.6. The quantitative estimate of drug-likeness (QED) is 0.580. The predicted octanol–water partition coefficient (Wildman–Crippen LogP) is 3.06. The highest BCUT2D eigenvalue weighted by molar-refractivity contribution is 6.33. The minimum absolute atomic E-state index is 0.0422. The second-order valence-electron chi connectivity index (χ2n) is 6.68. The van der Waals surface area contributed by atoms with Gasteiger partial charge in [-0.3, -0.25) is 9.59 Å². The molecule has 7 nitrogen and oxygen atoms in total. The number of hydrogen-bond donors (Lipinski definition) is 2. The Morgan fingerprint density at radius 2 is 1.93 bits per heavy atom. The number of benzene rings is 2. The zero-order valence-corrected chi connectivity index (χ0v) is 16.7. The zero-order valence-electron chi connectivity index (χ0n) is 16.0. The summed E-state index contributed by atoms with van der Waals surface area (Å²) < 4.78 is 5.04. The lowest BCUT2D eigenvalue weighted by molar-refractivity contribution is -0.126. The number of halogens is 1. The topological polar surface area (TPSA) is 91.2 Å². The van der Waals surface area contributed by atoms with Crippen molar-refractivity contribution in [1.29, 1.82) is 0 Å². The molecule has 1 heterocycles. The lowest BCUT2D eigenvalue weighted by Gasteiger charge is -2.31. The minimum Gasteiger partial charge on any atom is -0.504 e. The highest BCUT2D eigenvalue weighted by Gasteiger charge is 2.28. The molecule has 0 bridgehead atoms. The van der Waals surface area contributed by atoms with Gasteiger partial charge in [-0.15, -0.1) is 0 Å². The first kappa shape index (κ1) is 20.7. The van der Waals surface area contributed by atoms with E-state index in [4.69, 9.17) is 16.3 Å². The number of nitrogens with zero attached hydrogens (tertiary/aromatic N) is 2. The molecule has 1 aliphatic heterocycles. The van der Waals surface area contributed by atoms with E-state index < -0.39 is 0 Å². The van der Waals surface area contributed by atoms with E-state index in [-0.39, 0.29) is 23.5 Å². The number of hydrogen-bond acceptors (Lipinski definition) is 5. The van der Waals surface area contributed by atoms with Crippen molar-refractivity contribution in [2.75, 3.05) is 20.2 Å². The summed E-state index contributed by atoms with van der Waals surface area (Å²) in [5.74, 6) is -0.286. The van der Waals surface area contributed by atoms with Crippen LogP contribution in [0.5, 0.6) is 11.5 Å². The van der Waals surface area contributed by atoms with E-state index in [0.29, 0.717) is 47.8 Å². The summed E-state index contributed by atoms with van der Waals surface area (Å²) in [5.41, 5.74) is 3.41. The smallest absolute Gasteiger partial charge is 0.255 e. The maximum atomic E-state index is 12.6. The summed E-state index contributed by atoms with van der Waals surface area (Å²) in [6.45, 7) is 0.949. The standard InChI is InChI=1S/C21H22ClN3O4/c1-29-18-8-4-5-15(19(18)26)13-23-24-20(27)14-9-11-25(12-10-14)21(28)16-6-2-3-7-17(16)22/h2-8,13-14,26H,9-12H2,1H3,(H,24,27)/b23-13-. The van der Waals surface area contributed by atoms with Gasteiger partial charge in [0.1, 0.15) is 0 Å². The first-order valence-electron chi connectivity index (χ1n) is 9.24. The van der Waals surface area contributed by atoms with Crippen molar-refractivity contribution in [3.63, 3.8) is 0 Å². The van der Waals surface area contributed by atoms with Gasteiger partial charge in [0.15, 0.2) is 11.5 Å². The number of amides is 2. The molecule has 1 saturated heterocycles. The molecule has 0 saturated carbocycles. The molecule has 29 heavy (non-hydrogen) atoms. The number of para-hydroxylation sites is 1. The van der Waals surface area contributed by atoms with Gasteiger partial charge in [0, 0.05) is 24.6 Å². The third kappa shape index (κ3) is 4.86. The van der Waals surface area contributed by atoms with Gasteiger partial charge in [0.2, 0.25) is 5.91 Å². The van der Waals surface area contributed by atoms with Gasteiger partial charge < -0.3 is 14.7 Å². The molecule has 2 amide bonds. The van der Waals surface area contributed by atoms with Crippen molar-refractivity contribution in [1.82, 2.24) is 10.3 Å². The molecular formula is C21H22ClN3O4. The fourth-order valence-corrected chi connectivity index (χ4v) is 3.43. The van der Waals surface area contributed by atoms with E-state index in [2.05, 4.69) is 10.5 Å². The molecule has 2 aromatic carbocycles. The minimum atomic E-state index is -0.235. The summed E-state index contributed by atoms with van der Waals surface area (Å²) in [4.78, 5) is 26.7. The number of hydrazone groups is 1. The molecule has 152 valence electrons. The van der Waals surface area contributed by atoms with Crippen molar-refractivity contribution in [3.05, 3.63) is 58.6 Å². The number of carbonyl (C=O) groups excluding carboxylic acids is 2. The van der Waals surface area contributed by atoms with Crippen LogP contribution in [0.2, 0.25) is 5.02 Å². The van der Waals surface area contributed by atoms with Gasteiger partial charge in [0.05, 0.1) is 23.9 Å². The highest BCUT2D eigenvalue weighted by atomic mass is 35.5. The predicted molar refractivity (Wildman–Crippen MR) is 110 cm³/mol. The number of piperidine rings is 1. The highest BCUT2D eigenvalue weighted by Crippen LogP contribution is 2.28. The average molecular weight is 416 g/mol. The van der Waals surface area contributed by atoms with Crippen LogP contribution in [0.25, 0.3) is 0 Å². The van der Waals surface area contributed by atoms with E-state index in [1.165, 1.54) is 13.3 Å². The molecule has 3 rings (SSSR count). The largest absolute Gasteiger partial charge is 0.504 e. The van der Waals surface area contributed by atoms with Crippen LogP contribution in [0.3, 0.4) is 0 Å². The molecule has 0 aliphatic carbocycles. The maximum Gasteiger partial charge on any atom is 0.255 e. The summed E-state index contributed by atoms with van der Waals surface area (Å²) in [6.07, 6.45) is 2.45. The lowest BCUT2D eigenvalue weighted by atomic mass is 9.95. The normalized spacial score (nSPS) is 14.8. The van der Waals surface area contributed by atoms with Gasteiger partial charge in [0.25, 0.3) is 5.91 Å². The van der Waals surface area contributed by atoms with Crippen molar-refractivity contribution >= 4 is 29.6 Å². The Labute approximate surface area is 173 Å². The number of aromatic hydroxyl groups is 1. The fraction of sp³-hybridized carbons (Fsp3) is 0.286. The number of carbonyl (C=O) groups is 2. The number of ether oxygens (including phenoxy) is 1. The summed E-state index contributed by atoms with van der Waals surface area (Å²) >= 11 is 6.10. The Kier molecular flexibility index (Phi) is 6.72. The molecule has 2 aromatic rings. The van der Waals surface area contributed by atoms with Crippen LogP contribution in [0, 0.1) is 5.92 Å². The van der Waals surface area contributed by atoms with E-state index >= 15 is 0 Å². The van der Waals surface area contributed by atoms with Crippen LogP contribution < -0.4 is 10.2 Å². The van der Waals surface area contributed by atoms with Crippen LogP contribution >= 0.6 is 11.6 Å². The van der Waals surface area contributed by atoms with Gasteiger partial charge >= 0.3 is 0 Å². The first-order chi connectivity index (χ1) is 14.0. The Bertz CT molecular complexity index is 924. The van der Waals surface area contributed by atoms with Crippen LogP contribution in [0.4, 0.5) is 0 Å². The lowest BCUT2D eigenvalue weighted by Crippen LogP contribution is -2.42. The van der Waals surface area contributed by atoms with Crippen molar-refractivity contribution in [2.24, 2.45) is 11.0 Å². The molecule has 0 unspecified atom stereocenters. The molecule has 0 atom stereocenters. The van der Waals surface area contributed by atoms with Crippen LogP contribution in [-0.4, -0.2) is 48.2 Å². The fourth-order valence-electron chi connectivity index (χ4n) is 3.21. The summed E-state index contributed by atoms with van der Waals surface area (Å²) in [5, 5.41) is 14.4. The monoisotopic (exact) mass is 415 g/mol. The van der Waals surface area contributed by atoms with Crippen molar-refractivity contribution in [2.45, 2.75) is 12.8 Å². The van der Waals surface area contributed by atoms with Crippen LogP contribution in [0.1, 0.15) is 28.8 Å². The van der Waals surface area contributed by atoms with Gasteiger partial charge in [-0.25, -0.2) is 5.43 Å². The second kappa shape index (κ2) is 9.43. The van der Waals surface area contributed by atoms with E-state index in [0.717, 1.165) is 0 Å². The molecule has 1 aliphatic rings. The second-order valence-corrected chi connectivity index (χ2v) is 7.09. The Morgan fingerprint density at radius 3 is 2.62 bits per heavy atom. The molecule has 2 N–H and O–H groups in total. The number of phenols is 1. The molecule has 0 radical (unpaired) electrons. The van der Waals surface area contributed by atoms with Gasteiger partial charge in [-0.1, -0.05) is 29.8 Å². The van der Waals surface area contributed by atoms with Crippen molar-refractivity contribution < 1.29 is 19.4 Å². The SMILES string of the molecule is COc1cccc(/C=N\NC(=O)C2CCN(C(=O)c3ccccc3Cl)CC2)c1O.